The van der Waals surface area contributed by atoms with Crippen molar-refractivity contribution in [1.29, 1.82) is 0 Å². The molecule has 7 nitrogen and oxygen atoms in total. The smallest absolute Gasteiger partial charge is 0.322 e. The van der Waals surface area contributed by atoms with E-state index in [-0.39, 0.29) is 6.03 Å². The number of hydrogen-bond donors (Lipinski definition) is 1. The number of methoxy groups -OCH3 is 1. The fraction of sp³-hybridized carbons (Fsp3) is 0.407. The molecule has 2 aromatic carbocycles. The Morgan fingerprint density at radius 3 is 2.65 bits per heavy atom. The minimum Gasteiger partial charge on any atom is -0.383 e. The van der Waals surface area contributed by atoms with E-state index in [1.54, 1.807) is 12.0 Å². The molecule has 1 aromatic heterocycles. The minimum absolute atomic E-state index is 0.182. The van der Waals surface area contributed by atoms with E-state index < -0.39 is 0 Å². The van der Waals surface area contributed by atoms with Gasteiger partial charge in [-0.1, -0.05) is 53.2 Å². The maximum Gasteiger partial charge on any atom is 0.322 e. The standard InChI is InChI=1S/C27H34N4O3/c1-20-12-14-23(15-13-20)28-27(32)30(17-18-33-3)19-24-25(22-10-5-4-6-11-22)29-34-26(24)31-16-8-7-9-21(31)2/h4-6,10-15,21H,7-9,16-19H2,1-3H3,(H,28,32)/t21-/m0/s1. The van der Waals surface area contributed by atoms with Crippen LogP contribution in [0.5, 0.6) is 0 Å². The van der Waals surface area contributed by atoms with Crippen LogP contribution in [-0.4, -0.2) is 48.9 Å². The van der Waals surface area contributed by atoms with Crippen molar-refractivity contribution >= 4 is 17.6 Å². The van der Waals surface area contributed by atoms with Gasteiger partial charge in [-0.15, -0.1) is 0 Å². The van der Waals surface area contributed by atoms with Gasteiger partial charge in [0, 0.05) is 37.5 Å². The van der Waals surface area contributed by atoms with Crippen LogP contribution in [0.1, 0.15) is 37.3 Å². The molecule has 1 aliphatic heterocycles. The highest BCUT2D eigenvalue weighted by Crippen LogP contribution is 2.35. The average molecular weight is 463 g/mol. The predicted octanol–water partition coefficient (Wildman–Crippen LogP) is 5.71. The highest BCUT2D eigenvalue weighted by atomic mass is 16.5. The molecule has 0 radical (unpaired) electrons. The van der Waals surface area contributed by atoms with Crippen molar-refractivity contribution in [2.75, 3.05) is 37.0 Å². The fourth-order valence-corrected chi connectivity index (χ4v) is 4.38. The number of nitrogens with zero attached hydrogens (tertiary/aromatic N) is 3. The largest absolute Gasteiger partial charge is 0.383 e. The Morgan fingerprint density at radius 1 is 1.18 bits per heavy atom. The fourth-order valence-electron chi connectivity index (χ4n) is 4.38. The Balaban J connectivity index is 1.66. The Kier molecular flexibility index (Phi) is 7.85. The summed E-state index contributed by atoms with van der Waals surface area (Å²) in [5, 5.41) is 7.50. The number of anilines is 2. The quantitative estimate of drug-likeness (QED) is 0.464. The van der Waals surface area contributed by atoms with Gasteiger partial charge in [0.05, 0.1) is 18.7 Å². The molecule has 1 fully saturated rings. The molecule has 1 N–H and O–H groups in total. The molecule has 180 valence electrons. The Hall–Kier alpha value is -3.32. The van der Waals surface area contributed by atoms with Gasteiger partial charge < -0.3 is 24.4 Å². The molecule has 4 rings (SSSR count). The molecule has 3 aromatic rings. The molecule has 0 spiro atoms. The first kappa shape index (κ1) is 23.8. The predicted molar refractivity (Wildman–Crippen MR) is 135 cm³/mol. The number of ether oxygens (including phenoxy) is 1. The lowest BCUT2D eigenvalue weighted by Crippen LogP contribution is -2.40. The molecular weight excluding hydrogens is 428 g/mol. The normalized spacial score (nSPS) is 15.9. The third kappa shape index (κ3) is 5.59. The summed E-state index contributed by atoms with van der Waals surface area (Å²) in [6, 6.07) is 18.0. The second-order valence-electron chi connectivity index (χ2n) is 8.93. The summed E-state index contributed by atoms with van der Waals surface area (Å²) < 4.78 is 11.3. The monoisotopic (exact) mass is 462 g/mol. The third-order valence-electron chi connectivity index (χ3n) is 6.38. The Labute approximate surface area is 201 Å². The summed E-state index contributed by atoms with van der Waals surface area (Å²) in [6.45, 7) is 6.42. The first-order valence-electron chi connectivity index (χ1n) is 12.0. The number of piperidine rings is 1. The number of amides is 2. The maximum atomic E-state index is 13.3. The summed E-state index contributed by atoms with van der Waals surface area (Å²) in [6.07, 6.45) is 3.44. The van der Waals surface area contributed by atoms with E-state index >= 15 is 0 Å². The summed E-state index contributed by atoms with van der Waals surface area (Å²) in [5.41, 5.74) is 4.58. The maximum absolute atomic E-state index is 13.3. The number of aryl methyl sites for hydroxylation is 1. The lowest BCUT2D eigenvalue weighted by molar-refractivity contribution is 0.153. The number of carbonyl (C=O) groups is 1. The number of benzene rings is 2. The van der Waals surface area contributed by atoms with Crippen LogP contribution in [0.4, 0.5) is 16.4 Å². The molecule has 0 saturated carbocycles. The SMILES string of the molecule is COCCN(Cc1c(-c2ccccc2)noc1N1CCCC[C@@H]1C)C(=O)Nc1ccc(C)cc1. The van der Waals surface area contributed by atoms with Gasteiger partial charge in [0.15, 0.2) is 0 Å². The van der Waals surface area contributed by atoms with E-state index in [2.05, 4.69) is 22.3 Å². The van der Waals surface area contributed by atoms with Crippen LogP contribution in [0.2, 0.25) is 0 Å². The van der Waals surface area contributed by atoms with Crippen molar-refractivity contribution < 1.29 is 14.1 Å². The van der Waals surface area contributed by atoms with Crippen molar-refractivity contribution in [1.82, 2.24) is 10.1 Å². The van der Waals surface area contributed by atoms with Crippen molar-refractivity contribution in [3.63, 3.8) is 0 Å². The summed E-state index contributed by atoms with van der Waals surface area (Å²) in [4.78, 5) is 17.4. The molecule has 1 saturated heterocycles. The van der Waals surface area contributed by atoms with Gasteiger partial charge in [-0.25, -0.2) is 4.79 Å². The summed E-state index contributed by atoms with van der Waals surface area (Å²) in [5.74, 6) is 0.761. The molecule has 2 amide bonds. The number of hydrogen-bond acceptors (Lipinski definition) is 5. The minimum atomic E-state index is -0.182. The second-order valence-corrected chi connectivity index (χ2v) is 8.93. The third-order valence-corrected chi connectivity index (χ3v) is 6.38. The van der Waals surface area contributed by atoms with E-state index in [9.17, 15) is 4.79 Å². The van der Waals surface area contributed by atoms with Gasteiger partial charge in [0.25, 0.3) is 0 Å². The zero-order valence-corrected chi connectivity index (χ0v) is 20.3. The first-order valence-corrected chi connectivity index (χ1v) is 12.0. The van der Waals surface area contributed by atoms with Gasteiger partial charge in [-0.2, -0.15) is 0 Å². The molecule has 2 heterocycles. The van der Waals surface area contributed by atoms with Gasteiger partial charge in [-0.3, -0.25) is 0 Å². The Morgan fingerprint density at radius 2 is 1.94 bits per heavy atom. The zero-order chi connectivity index (χ0) is 23.9. The number of aromatic nitrogens is 1. The van der Waals surface area contributed by atoms with E-state index in [0.717, 1.165) is 53.3 Å². The van der Waals surface area contributed by atoms with Crippen LogP contribution in [0.15, 0.2) is 59.1 Å². The van der Waals surface area contributed by atoms with Crippen molar-refractivity contribution in [2.45, 2.75) is 45.7 Å². The van der Waals surface area contributed by atoms with Crippen LogP contribution >= 0.6 is 0 Å². The van der Waals surface area contributed by atoms with Gasteiger partial charge in [0.1, 0.15) is 5.69 Å². The molecule has 7 heteroatoms. The van der Waals surface area contributed by atoms with Gasteiger partial charge in [-0.05, 0) is 45.2 Å². The highest BCUT2D eigenvalue weighted by molar-refractivity contribution is 5.89. The molecule has 0 bridgehead atoms. The summed E-state index contributed by atoms with van der Waals surface area (Å²) in [7, 11) is 1.64. The van der Waals surface area contributed by atoms with E-state index in [0.29, 0.717) is 25.7 Å². The lowest BCUT2D eigenvalue weighted by Gasteiger charge is -2.34. The van der Waals surface area contributed by atoms with Gasteiger partial charge in [0.2, 0.25) is 5.88 Å². The molecule has 1 aliphatic rings. The Bertz CT molecular complexity index is 1070. The number of nitrogens with one attached hydrogen (secondary N) is 1. The molecule has 0 aliphatic carbocycles. The summed E-state index contributed by atoms with van der Waals surface area (Å²) >= 11 is 0. The number of rotatable bonds is 8. The van der Waals surface area contributed by atoms with Crippen molar-refractivity contribution in [3.05, 3.63) is 65.7 Å². The highest BCUT2D eigenvalue weighted by Gasteiger charge is 2.29. The molecule has 0 unspecified atom stereocenters. The van der Waals surface area contributed by atoms with Gasteiger partial charge >= 0.3 is 6.03 Å². The van der Waals surface area contributed by atoms with E-state index in [1.165, 1.54) is 6.42 Å². The van der Waals surface area contributed by atoms with Crippen LogP contribution in [0.25, 0.3) is 11.3 Å². The average Bonchev–Trinajstić information content (AvgIpc) is 3.27. The van der Waals surface area contributed by atoms with Crippen LogP contribution < -0.4 is 10.2 Å². The van der Waals surface area contributed by atoms with Crippen molar-refractivity contribution in [2.24, 2.45) is 0 Å². The van der Waals surface area contributed by atoms with Crippen LogP contribution in [0, 0.1) is 6.92 Å². The molecule has 1 atom stereocenters. The van der Waals surface area contributed by atoms with E-state index in [1.807, 2.05) is 61.5 Å². The van der Waals surface area contributed by atoms with E-state index in [4.69, 9.17) is 9.26 Å². The molecule has 34 heavy (non-hydrogen) atoms. The number of urea groups is 1. The molecular formula is C27H34N4O3. The first-order chi connectivity index (χ1) is 16.6. The van der Waals surface area contributed by atoms with Crippen molar-refractivity contribution in [3.8, 4) is 11.3 Å². The van der Waals surface area contributed by atoms with Crippen LogP contribution in [0.3, 0.4) is 0 Å². The lowest BCUT2D eigenvalue weighted by atomic mass is 10.0. The topological polar surface area (TPSA) is 70.8 Å². The van der Waals surface area contributed by atoms with Crippen LogP contribution in [-0.2, 0) is 11.3 Å². The zero-order valence-electron chi connectivity index (χ0n) is 20.3. The number of carbonyl (C=O) groups excluding carboxylic acids is 1. The second kappa shape index (κ2) is 11.2.